The summed E-state index contributed by atoms with van der Waals surface area (Å²) in [6.07, 6.45) is 5.44. The van der Waals surface area contributed by atoms with E-state index >= 15 is 0 Å². The topological polar surface area (TPSA) is 65.5 Å². The van der Waals surface area contributed by atoms with Crippen molar-refractivity contribution < 1.29 is 9.59 Å². The molecule has 1 N–H and O–H groups in total. The van der Waals surface area contributed by atoms with Crippen LogP contribution in [0.2, 0.25) is 0 Å². The molecule has 25 heavy (non-hydrogen) atoms. The normalized spacial score (nSPS) is 21.6. The minimum atomic E-state index is -0.190. The number of carbonyl (C=O) groups is 2. The number of likely N-dealkylation sites (tertiary alicyclic amines) is 2. The Kier molecular flexibility index (Phi) is 4.97. The van der Waals surface area contributed by atoms with Gasteiger partial charge in [-0.2, -0.15) is 0 Å². The molecule has 2 aliphatic rings. The van der Waals surface area contributed by atoms with Gasteiger partial charge in [0.15, 0.2) is 0 Å². The lowest BCUT2D eigenvalue weighted by Gasteiger charge is -2.32. The summed E-state index contributed by atoms with van der Waals surface area (Å²) in [6.45, 7) is 8.38. The number of piperidine rings is 1. The summed E-state index contributed by atoms with van der Waals surface area (Å²) in [6, 6.07) is 3.60. The highest BCUT2D eigenvalue weighted by Gasteiger charge is 2.36. The van der Waals surface area contributed by atoms with Crippen LogP contribution in [0.15, 0.2) is 18.3 Å². The van der Waals surface area contributed by atoms with E-state index in [0.29, 0.717) is 24.3 Å². The van der Waals surface area contributed by atoms with E-state index < -0.39 is 0 Å². The number of nitrogens with zero attached hydrogens (tertiary/aromatic N) is 3. The molecule has 2 fully saturated rings. The van der Waals surface area contributed by atoms with Gasteiger partial charge in [-0.05, 0) is 52.2 Å². The van der Waals surface area contributed by atoms with E-state index in [9.17, 15) is 9.59 Å². The number of rotatable bonds is 3. The third kappa shape index (κ3) is 3.94. The standard InChI is InChI=1S/C19H28N4O2/c1-19(2,3)23-13-14(12-16(23)24)21-17-15(8-7-9-20-17)18(25)22-10-5-4-6-11-22/h7-9,14H,4-6,10-13H2,1-3H3,(H,20,21). The summed E-state index contributed by atoms with van der Waals surface area (Å²) < 4.78 is 0. The zero-order valence-corrected chi connectivity index (χ0v) is 15.4. The Balaban J connectivity index is 1.73. The largest absolute Gasteiger partial charge is 0.364 e. The molecule has 3 heterocycles. The molecule has 1 atom stereocenters. The fourth-order valence-electron chi connectivity index (χ4n) is 3.61. The van der Waals surface area contributed by atoms with E-state index in [1.165, 1.54) is 6.42 Å². The van der Waals surface area contributed by atoms with Crippen molar-refractivity contribution in [1.29, 1.82) is 0 Å². The monoisotopic (exact) mass is 344 g/mol. The van der Waals surface area contributed by atoms with Crippen molar-refractivity contribution in [2.75, 3.05) is 25.0 Å². The predicted molar refractivity (Wildman–Crippen MR) is 97.5 cm³/mol. The molecule has 0 aromatic carbocycles. The number of aromatic nitrogens is 1. The first-order valence-electron chi connectivity index (χ1n) is 9.17. The van der Waals surface area contributed by atoms with Crippen LogP contribution in [0.5, 0.6) is 0 Å². The van der Waals surface area contributed by atoms with Crippen LogP contribution in [0.3, 0.4) is 0 Å². The van der Waals surface area contributed by atoms with Crippen LogP contribution < -0.4 is 5.32 Å². The average molecular weight is 344 g/mol. The van der Waals surface area contributed by atoms with Gasteiger partial charge in [-0.15, -0.1) is 0 Å². The Morgan fingerprint density at radius 3 is 2.60 bits per heavy atom. The second kappa shape index (κ2) is 7.02. The highest BCUT2D eigenvalue weighted by molar-refractivity contribution is 5.99. The Labute approximate surface area is 149 Å². The van der Waals surface area contributed by atoms with Crippen molar-refractivity contribution in [3.8, 4) is 0 Å². The number of carbonyl (C=O) groups excluding carboxylic acids is 2. The van der Waals surface area contributed by atoms with Gasteiger partial charge in [0.2, 0.25) is 5.91 Å². The van der Waals surface area contributed by atoms with E-state index in [4.69, 9.17) is 0 Å². The summed E-state index contributed by atoms with van der Waals surface area (Å²) in [4.78, 5) is 33.3. The van der Waals surface area contributed by atoms with E-state index in [0.717, 1.165) is 25.9 Å². The van der Waals surface area contributed by atoms with Gasteiger partial charge in [0.05, 0.1) is 11.6 Å². The number of nitrogens with one attached hydrogen (secondary N) is 1. The lowest BCUT2D eigenvalue weighted by atomic mass is 10.1. The van der Waals surface area contributed by atoms with Crippen molar-refractivity contribution in [2.45, 2.75) is 58.0 Å². The van der Waals surface area contributed by atoms with Gasteiger partial charge in [-0.25, -0.2) is 4.98 Å². The Bertz CT molecular complexity index is 647. The molecule has 1 aromatic rings. The highest BCUT2D eigenvalue weighted by Crippen LogP contribution is 2.25. The molecule has 136 valence electrons. The van der Waals surface area contributed by atoms with Crippen molar-refractivity contribution in [3.05, 3.63) is 23.9 Å². The van der Waals surface area contributed by atoms with Gasteiger partial charge in [0.1, 0.15) is 5.82 Å². The maximum atomic E-state index is 12.9. The van der Waals surface area contributed by atoms with Gasteiger partial charge in [0, 0.05) is 37.8 Å². The average Bonchev–Trinajstić information content (AvgIpc) is 2.96. The van der Waals surface area contributed by atoms with E-state index in [-0.39, 0.29) is 23.4 Å². The van der Waals surface area contributed by atoms with Crippen LogP contribution in [-0.4, -0.2) is 57.8 Å². The number of hydrogen-bond acceptors (Lipinski definition) is 4. The number of amides is 2. The molecule has 0 aliphatic carbocycles. The van der Waals surface area contributed by atoms with Gasteiger partial charge in [0.25, 0.3) is 5.91 Å². The lowest BCUT2D eigenvalue weighted by molar-refractivity contribution is -0.131. The quantitative estimate of drug-likeness (QED) is 0.915. The Morgan fingerprint density at radius 2 is 1.96 bits per heavy atom. The molecule has 3 rings (SSSR count). The first-order chi connectivity index (χ1) is 11.9. The van der Waals surface area contributed by atoms with Crippen molar-refractivity contribution >= 4 is 17.6 Å². The maximum absolute atomic E-state index is 12.9. The van der Waals surface area contributed by atoms with Gasteiger partial charge in [-0.1, -0.05) is 0 Å². The molecule has 1 aromatic heterocycles. The molecule has 2 aliphatic heterocycles. The minimum absolute atomic E-state index is 0.0190. The zero-order chi connectivity index (χ0) is 18.0. The van der Waals surface area contributed by atoms with E-state index in [2.05, 4.69) is 10.3 Å². The maximum Gasteiger partial charge on any atom is 0.257 e. The van der Waals surface area contributed by atoms with E-state index in [1.807, 2.05) is 36.6 Å². The van der Waals surface area contributed by atoms with Crippen molar-refractivity contribution in [3.63, 3.8) is 0 Å². The van der Waals surface area contributed by atoms with Gasteiger partial charge < -0.3 is 15.1 Å². The third-order valence-electron chi connectivity index (χ3n) is 4.96. The first kappa shape index (κ1) is 17.7. The van der Waals surface area contributed by atoms with Crippen LogP contribution in [0, 0.1) is 0 Å². The smallest absolute Gasteiger partial charge is 0.257 e. The van der Waals surface area contributed by atoms with Crippen LogP contribution >= 0.6 is 0 Å². The second-order valence-corrected chi connectivity index (χ2v) is 7.97. The number of pyridine rings is 1. The molecular weight excluding hydrogens is 316 g/mol. The van der Waals surface area contributed by atoms with Crippen LogP contribution in [0.25, 0.3) is 0 Å². The molecule has 6 heteroatoms. The summed E-state index contributed by atoms with van der Waals surface area (Å²) in [5.41, 5.74) is 0.412. The molecule has 2 amide bonds. The molecule has 0 spiro atoms. The third-order valence-corrected chi connectivity index (χ3v) is 4.96. The summed E-state index contributed by atoms with van der Waals surface area (Å²) >= 11 is 0. The number of anilines is 1. The molecule has 0 radical (unpaired) electrons. The van der Waals surface area contributed by atoms with Crippen molar-refractivity contribution in [1.82, 2.24) is 14.8 Å². The van der Waals surface area contributed by atoms with Crippen LogP contribution in [-0.2, 0) is 4.79 Å². The minimum Gasteiger partial charge on any atom is -0.364 e. The Hall–Kier alpha value is -2.11. The van der Waals surface area contributed by atoms with Crippen molar-refractivity contribution in [2.24, 2.45) is 0 Å². The molecule has 2 saturated heterocycles. The SMILES string of the molecule is CC(C)(C)N1CC(Nc2ncccc2C(=O)N2CCCCC2)CC1=O. The van der Waals surface area contributed by atoms with Crippen LogP contribution in [0.1, 0.15) is 56.8 Å². The van der Waals surface area contributed by atoms with Gasteiger partial charge >= 0.3 is 0 Å². The number of hydrogen-bond donors (Lipinski definition) is 1. The summed E-state index contributed by atoms with van der Waals surface area (Å²) in [5.74, 6) is 0.767. The van der Waals surface area contributed by atoms with Crippen LogP contribution in [0.4, 0.5) is 5.82 Å². The first-order valence-corrected chi connectivity index (χ1v) is 9.17. The Morgan fingerprint density at radius 1 is 1.24 bits per heavy atom. The summed E-state index contributed by atoms with van der Waals surface area (Å²) in [5, 5.41) is 3.34. The zero-order valence-electron chi connectivity index (χ0n) is 15.4. The predicted octanol–water partition coefficient (Wildman–Crippen LogP) is 2.52. The van der Waals surface area contributed by atoms with Gasteiger partial charge in [-0.3, -0.25) is 9.59 Å². The molecule has 1 unspecified atom stereocenters. The molecule has 0 bridgehead atoms. The van der Waals surface area contributed by atoms with E-state index in [1.54, 1.807) is 12.3 Å². The molecular formula is C19H28N4O2. The molecule has 0 saturated carbocycles. The summed E-state index contributed by atoms with van der Waals surface area (Å²) in [7, 11) is 0. The lowest BCUT2D eigenvalue weighted by Crippen LogP contribution is -2.43. The fourth-order valence-corrected chi connectivity index (χ4v) is 3.61. The highest BCUT2D eigenvalue weighted by atomic mass is 16.2. The fraction of sp³-hybridized carbons (Fsp3) is 0.632. The second-order valence-electron chi connectivity index (χ2n) is 7.97. The molecule has 6 nitrogen and oxygen atoms in total.